The molecule has 22 heavy (non-hydrogen) atoms. The average molecular weight is 541 g/mol. The minimum absolute atomic E-state index is 0.214. The summed E-state index contributed by atoms with van der Waals surface area (Å²) < 4.78 is 7.53. The molecular weight excluding hydrogens is 528 g/mol. The van der Waals surface area contributed by atoms with Crippen LogP contribution in [0, 0.1) is 7.14 Å². The van der Waals surface area contributed by atoms with Gasteiger partial charge in [-0.05, 0) is 87.6 Å². The van der Waals surface area contributed by atoms with Crippen molar-refractivity contribution in [2.75, 3.05) is 13.2 Å². The molecule has 0 unspecified atom stereocenters. The van der Waals surface area contributed by atoms with Crippen molar-refractivity contribution in [1.29, 1.82) is 0 Å². The molecule has 1 saturated heterocycles. The molecule has 0 radical (unpaired) electrons. The van der Waals surface area contributed by atoms with Crippen LogP contribution >= 0.6 is 56.9 Å². The van der Waals surface area contributed by atoms with Crippen LogP contribution in [0.1, 0.15) is 12.5 Å². The summed E-state index contributed by atoms with van der Waals surface area (Å²) in [6, 6.07) is 3.86. The van der Waals surface area contributed by atoms with Gasteiger partial charge in [0.05, 0.1) is 12.0 Å². The van der Waals surface area contributed by atoms with Crippen LogP contribution in [0.15, 0.2) is 29.7 Å². The van der Waals surface area contributed by atoms with E-state index in [1.54, 1.807) is 19.1 Å². The fourth-order valence-electron chi connectivity index (χ4n) is 1.87. The number of halogens is 2. The second kappa shape index (κ2) is 7.82. The second-order valence-electron chi connectivity index (χ2n) is 4.34. The lowest BCUT2D eigenvalue weighted by atomic mass is 10.2. The Morgan fingerprint density at radius 2 is 1.95 bits per heavy atom. The van der Waals surface area contributed by atoms with Crippen molar-refractivity contribution in [3.63, 3.8) is 0 Å². The SMILES string of the molecule is C=CCOc1c(I)cc(/C=C2/SC(=O)N(CC)C2=O)cc1I. The Morgan fingerprint density at radius 1 is 1.32 bits per heavy atom. The average Bonchev–Trinajstić information content (AvgIpc) is 2.72. The number of thioether (sulfide) groups is 1. The van der Waals surface area contributed by atoms with Crippen LogP contribution in [0.4, 0.5) is 4.79 Å². The smallest absolute Gasteiger partial charge is 0.293 e. The molecule has 0 aliphatic carbocycles. The number of imide groups is 1. The van der Waals surface area contributed by atoms with Gasteiger partial charge in [-0.15, -0.1) is 0 Å². The summed E-state index contributed by atoms with van der Waals surface area (Å²) in [5, 5.41) is -0.214. The molecule has 0 bridgehead atoms. The third-order valence-electron chi connectivity index (χ3n) is 2.85. The van der Waals surface area contributed by atoms with E-state index in [-0.39, 0.29) is 11.1 Å². The van der Waals surface area contributed by atoms with E-state index in [1.807, 2.05) is 12.1 Å². The summed E-state index contributed by atoms with van der Waals surface area (Å²) in [6.07, 6.45) is 3.45. The van der Waals surface area contributed by atoms with Crippen molar-refractivity contribution in [3.8, 4) is 5.75 Å². The number of hydrogen-bond acceptors (Lipinski definition) is 4. The number of likely N-dealkylation sites (N-methyl/N-ethyl adjacent to an activating group) is 1. The fourth-order valence-corrected chi connectivity index (χ4v) is 4.90. The number of ether oxygens (including phenoxy) is 1. The molecule has 1 aliphatic rings. The van der Waals surface area contributed by atoms with E-state index >= 15 is 0 Å². The number of rotatable bonds is 5. The standard InChI is InChI=1S/C15H13I2NO3S/c1-3-5-21-13-10(16)6-9(7-11(13)17)8-12-14(19)18(4-2)15(20)22-12/h3,6-8H,1,4-5H2,2H3/b12-8+. The van der Waals surface area contributed by atoms with Gasteiger partial charge in [-0.3, -0.25) is 14.5 Å². The third-order valence-corrected chi connectivity index (χ3v) is 5.36. The van der Waals surface area contributed by atoms with Crippen molar-refractivity contribution in [2.24, 2.45) is 0 Å². The first kappa shape index (κ1) is 17.8. The van der Waals surface area contributed by atoms with E-state index in [0.29, 0.717) is 18.1 Å². The highest BCUT2D eigenvalue weighted by molar-refractivity contribution is 14.1. The van der Waals surface area contributed by atoms with Crippen LogP contribution in [-0.4, -0.2) is 29.2 Å². The topological polar surface area (TPSA) is 46.6 Å². The maximum absolute atomic E-state index is 12.1. The Labute approximate surface area is 160 Å². The summed E-state index contributed by atoms with van der Waals surface area (Å²) in [5.74, 6) is 0.578. The predicted molar refractivity (Wildman–Crippen MR) is 106 cm³/mol. The van der Waals surface area contributed by atoms with E-state index in [1.165, 1.54) is 4.90 Å². The molecule has 0 saturated carbocycles. The van der Waals surface area contributed by atoms with Crippen LogP contribution < -0.4 is 4.74 Å². The normalized spacial score (nSPS) is 16.5. The highest BCUT2D eigenvalue weighted by Crippen LogP contribution is 2.34. The molecule has 0 aromatic heterocycles. The molecule has 116 valence electrons. The lowest BCUT2D eigenvalue weighted by Gasteiger charge is -2.10. The van der Waals surface area contributed by atoms with Gasteiger partial charge in [-0.1, -0.05) is 12.7 Å². The molecule has 1 heterocycles. The molecule has 0 N–H and O–H groups in total. The molecule has 7 heteroatoms. The zero-order valence-electron chi connectivity index (χ0n) is 11.8. The number of carbonyl (C=O) groups excluding carboxylic acids is 2. The van der Waals surface area contributed by atoms with Crippen LogP contribution in [-0.2, 0) is 4.79 Å². The molecule has 2 rings (SSSR count). The zero-order valence-corrected chi connectivity index (χ0v) is 16.9. The van der Waals surface area contributed by atoms with Gasteiger partial charge in [0.1, 0.15) is 12.4 Å². The summed E-state index contributed by atoms with van der Waals surface area (Å²) in [5.41, 5.74) is 0.876. The molecule has 4 nitrogen and oxygen atoms in total. The largest absolute Gasteiger partial charge is 0.487 e. The van der Waals surface area contributed by atoms with Crippen LogP contribution in [0.25, 0.3) is 6.08 Å². The Hall–Kier alpha value is -0.550. The molecule has 2 amide bonds. The van der Waals surface area contributed by atoms with Crippen LogP contribution in [0.3, 0.4) is 0 Å². The van der Waals surface area contributed by atoms with Gasteiger partial charge >= 0.3 is 0 Å². The van der Waals surface area contributed by atoms with Gasteiger partial charge in [0.25, 0.3) is 11.1 Å². The number of hydrogen-bond donors (Lipinski definition) is 0. The van der Waals surface area contributed by atoms with E-state index in [4.69, 9.17) is 4.74 Å². The summed E-state index contributed by atoms with van der Waals surface area (Å²) >= 11 is 5.37. The molecule has 1 fully saturated rings. The lowest BCUT2D eigenvalue weighted by molar-refractivity contribution is -0.122. The lowest BCUT2D eigenvalue weighted by Crippen LogP contribution is -2.27. The molecule has 0 atom stereocenters. The highest BCUT2D eigenvalue weighted by atomic mass is 127. The second-order valence-corrected chi connectivity index (χ2v) is 7.66. The molecule has 1 aromatic carbocycles. The maximum atomic E-state index is 12.1. The van der Waals surface area contributed by atoms with Crippen molar-refractivity contribution in [3.05, 3.63) is 42.4 Å². The predicted octanol–water partition coefficient (Wildman–Crippen LogP) is 4.52. The minimum Gasteiger partial charge on any atom is -0.487 e. The third kappa shape index (κ3) is 3.85. The number of carbonyl (C=O) groups is 2. The van der Waals surface area contributed by atoms with Gasteiger partial charge in [-0.25, -0.2) is 0 Å². The number of benzene rings is 1. The van der Waals surface area contributed by atoms with E-state index < -0.39 is 0 Å². The van der Waals surface area contributed by atoms with Gasteiger partial charge in [0.2, 0.25) is 0 Å². The van der Waals surface area contributed by atoms with Gasteiger partial charge in [0, 0.05) is 6.54 Å². The highest BCUT2D eigenvalue weighted by Gasteiger charge is 2.33. The van der Waals surface area contributed by atoms with Crippen LogP contribution in [0.5, 0.6) is 5.75 Å². The Balaban J connectivity index is 2.31. The van der Waals surface area contributed by atoms with E-state index in [9.17, 15) is 9.59 Å². The van der Waals surface area contributed by atoms with Crippen molar-refractivity contribution >= 4 is 74.2 Å². The molecular formula is C15H13I2NO3S. The first-order valence-corrected chi connectivity index (χ1v) is 9.43. The van der Waals surface area contributed by atoms with E-state index in [2.05, 4.69) is 51.8 Å². The minimum atomic E-state index is -0.227. The monoisotopic (exact) mass is 541 g/mol. The number of nitrogens with zero attached hydrogens (tertiary/aromatic N) is 1. The quantitative estimate of drug-likeness (QED) is 0.313. The summed E-state index contributed by atoms with van der Waals surface area (Å²) in [4.78, 5) is 25.5. The van der Waals surface area contributed by atoms with Crippen molar-refractivity contribution in [2.45, 2.75) is 6.92 Å². The van der Waals surface area contributed by atoms with E-state index in [0.717, 1.165) is 30.2 Å². The van der Waals surface area contributed by atoms with Gasteiger partial charge in [-0.2, -0.15) is 0 Å². The molecule has 0 spiro atoms. The Bertz CT molecular complexity index is 650. The first-order valence-electron chi connectivity index (χ1n) is 6.46. The summed E-state index contributed by atoms with van der Waals surface area (Å²) in [7, 11) is 0. The Morgan fingerprint density at radius 3 is 2.45 bits per heavy atom. The fraction of sp³-hybridized carbons (Fsp3) is 0.200. The van der Waals surface area contributed by atoms with Crippen LogP contribution in [0.2, 0.25) is 0 Å². The zero-order chi connectivity index (χ0) is 16.3. The maximum Gasteiger partial charge on any atom is 0.293 e. The number of amides is 2. The first-order chi connectivity index (χ1) is 10.5. The summed E-state index contributed by atoms with van der Waals surface area (Å²) in [6.45, 7) is 6.26. The van der Waals surface area contributed by atoms with Gasteiger partial charge < -0.3 is 4.74 Å². The Kier molecular flexibility index (Phi) is 6.33. The van der Waals surface area contributed by atoms with Gasteiger partial charge in [0.15, 0.2) is 0 Å². The van der Waals surface area contributed by atoms with Crippen molar-refractivity contribution in [1.82, 2.24) is 4.90 Å². The van der Waals surface area contributed by atoms with Crippen molar-refractivity contribution < 1.29 is 14.3 Å². The molecule has 1 aliphatic heterocycles. The molecule has 1 aromatic rings.